The molecule has 0 radical (unpaired) electrons. The monoisotopic (exact) mass is 506 g/mol. The Balaban J connectivity index is 0.000000225. The highest BCUT2D eigenvalue weighted by atomic mass is 16.7. The summed E-state index contributed by atoms with van der Waals surface area (Å²) in [6.45, 7) is 2.23. The second kappa shape index (κ2) is 11.6. The molecule has 1 atom stereocenters. The number of rotatable bonds is 7. The van der Waals surface area contributed by atoms with Gasteiger partial charge in [0, 0.05) is 0 Å². The van der Waals surface area contributed by atoms with Gasteiger partial charge in [0.05, 0.1) is 34.0 Å². The van der Waals surface area contributed by atoms with Crippen LogP contribution in [0.25, 0.3) is 5.57 Å². The van der Waals surface area contributed by atoms with E-state index in [-0.39, 0.29) is 18.9 Å². The SMILES string of the molecule is CCC1=C(c2ccc3c(c2)OCO3)C(=O)OC1c1ccc(OC)cc1.COc1cccc(OC)c1OC. The Morgan fingerprint density at radius 1 is 0.811 bits per heavy atom. The minimum atomic E-state index is -0.371. The molecular formula is C29H30O8. The number of esters is 1. The highest BCUT2D eigenvalue weighted by Crippen LogP contribution is 2.44. The molecule has 37 heavy (non-hydrogen) atoms. The molecule has 0 aromatic heterocycles. The maximum absolute atomic E-state index is 12.6. The van der Waals surface area contributed by atoms with Gasteiger partial charge in [-0.15, -0.1) is 0 Å². The van der Waals surface area contributed by atoms with Crippen molar-refractivity contribution in [2.75, 3.05) is 35.2 Å². The van der Waals surface area contributed by atoms with Crippen LogP contribution in [-0.2, 0) is 9.53 Å². The van der Waals surface area contributed by atoms with E-state index in [9.17, 15) is 4.79 Å². The molecule has 8 heteroatoms. The van der Waals surface area contributed by atoms with Gasteiger partial charge in [0.1, 0.15) is 11.9 Å². The molecule has 2 heterocycles. The molecule has 0 spiro atoms. The van der Waals surface area contributed by atoms with Crippen LogP contribution in [0.1, 0.15) is 30.6 Å². The fourth-order valence-electron chi connectivity index (χ4n) is 4.28. The van der Waals surface area contributed by atoms with Crippen LogP contribution in [0.4, 0.5) is 0 Å². The minimum Gasteiger partial charge on any atom is -0.497 e. The first-order valence-corrected chi connectivity index (χ1v) is 11.8. The Morgan fingerprint density at radius 3 is 2.08 bits per heavy atom. The van der Waals surface area contributed by atoms with Gasteiger partial charge >= 0.3 is 5.97 Å². The molecule has 3 aromatic rings. The van der Waals surface area contributed by atoms with E-state index < -0.39 is 0 Å². The van der Waals surface area contributed by atoms with Crippen molar-refractivity contribution in [3.8, 4) is 34.5 Å². The van der Waals surface area contributed by atoms with Crippen LogP contribution in [0.2, 0.25) is 0 Å². The fraction of sp³-hybridized carbons (Fsp3) is 0.276. The second-order valence-corrected chi connectivity index (χ2v) is 8.08. The van der Waals surface area contributed by atoms with E-state index in [2.05, 4.69) is 0 Å². The van der Waals surface area contributed by atoms with Crippen molar-refractivity contribution in [2.24, 2.45) is 0 Å². The van der Waals surface area contributed by atoms with Gasteiger partial charge in [0.2, 0.25) is 12.5 Å². The summed E-state index contributed by atoms with van der Waals surface area (Å²) >= 11 is 0. The molecular weight excluding hydrogens is 476 g/mol. The largest absolute Gasteiger partial charge is 0.497 e. The third kappa shape index (κ3) is 5.28. The number of carbonyl (C=O) groups excluding carboxylic acids is 1. The molecule has 0 bridgehead atoms. The van der Waals surface area contributed by atoms with E-state index in [1.807, 2.05) is 67.6 Å². The Bertz CT molecular complexity index is 1260. The molecule has 3 aromatic carbocycles. The predicted molar refractivity (Wildman–Crippen MR) is 138 cm³/mol. The number of para-hydroxylation sites is 1. The van der Waals surface area contributed by atoms with Crippen molar-refractivity contribution < 1.29 is 38.0 Å². The average Bonchev–Trinajstić information content (AvgIpc) is 3.55. The van der Waals surface area contributed by atoms with Crippen LogP contribution in [0.15, 0.2) is 66.2 Å². The lowest BCUT2D eigenvalue weighted by atomic mass is 9.93. The number of cyclic esters (lactones) is 1. The zero-order valence-electron chi connectivity index (χ0n) is 21.5. The Labute approximate surface area is 216 Å². The second-order valence-electron chi connectivity index (χ2n) is 8.08. The van der Waals surface area contributed by atoms with Gasteiger partial charge in [-0.1, -0.05) is 31.2 Å². The van der Waals surface area contributed by atoms with Crippen molar-refractivity contribution >= 4 is 11.5 Å². The Morgan fingerprint density at radius 2 is 1.49 bits per heavy atom. The van der Waals surface area contributed by atoms with Crippen LogP contribution in [0.3, 0.4) is 0 Å². The quantitative estimate of drug-likeness (QED) is 0.383. The van der Waals surface area contributed by atoms with Gasteiger partial charge < -0.3 is 33.2 Å². The van der Waals surface area contributed by atoms with Crippen molar-refractivity contribution in [3.63, 3.8) is 0 Å². The topological polar surface area (TPSA) is 81.7 Å². The number of hydrogen-bond donors (Lipinski definition) is 0. The maximum atomic E-state index is 12.6. The number of methoxy groups -OCH3 is 4. The third-order valence-corrected chi connectivity index (χ3v) is 6.11. The molecule has 0 aliphatic carbocycles. The molecule has 194 valence electrons. The first kappa shape index (κ1) is 25.8. The molecule has 0 N–H and O–H groups in total. The van der Waals surface area contributed by atoms with Gasteiger partial charge in [-0.2, -0.15) is 0 Å². The van der Waals surface area contributed by atoms with Crippen molar-refractivity contribution in [1.29, 1.82) is 0 Å². The molecule has 1 unspecified atom stereocenters. The summed E-state index contributed by atoms with van der Waals surface area (Å²) in [5.41, 5.74) is 3.31. The first-order valence-electron chi connectivity index (χ1n) is 11.8. The molecule has 0 fully saturated rings. The van der Waals surface area contributed by atoms with E-state index in [0.717, 1.165) is 22.4 Å². The van der Waals surface area contributed by atoms with Crippen molar-refractivity contribution in [3.05, 3.63) is 77.4 Å². The maximum Gasteiger partial charge on any atom is 0.339 e. The van der Waals surface area contributed by atoms with Gasteiger partial charge in [0.15, 0.2) is 23.0 Å². The minimum absolute atomic E-state index is 0.206. The Kier molecular flexibility index (Phi) is 8.08. The molecule has 5 rings (SSSR count). The lowest BCUT2D eigenvalue weighted by Crippen LogP contribution is -2.03. The van der Waals surface area contributed by atoms with Crippen LogP contribution in [0.5, 0.6) is 34.5 Å². The van der Waals surface area contributed by atoms with E-state index >= 15 is 0 Å². The van der Waals surface area contributed by atoms with Gasteiger partial charge in [-0.3, -0.25) is 0 Å². The predicted octanol–water partition coefficient (Wildman–Crippen LogP) is 5.60. The number of hydrogen-bond acceptors (Lipinski definition) is 8. The molecule has 2 aliphatic rings. The van der Waals surface area contributed by atoms with Crippen LogP contribution < -0.4 is 28.4 Å². The van der Waals surface area contributed by atoms with Crippen LogP contribution >= 0.6 is 0 Å². The number of benzene rings is 3. The summed E-state index contributed by atoms with van der Waals surface area (Å²) in [7, 11) is 6.40. The summed E-state index contributed by atoms with van der Waals surface area (Å²) in [4.78, 5) is 12.6. The molecule has 2 aliphatic heterocycles. The fourth-order valence-corrected chi connectivity index (χ4v) is 4.28. The van der Waals surface area contributed by atoms with E-state index in [1.165, 1.54) is 0 Å². The normalized spacial score (nSPS) is 15.5. The van der Waals surface area contributed by atoms with Crippen molar-refractivity contribution in [1.82, 2.24) is 0 Å². The molecule has 0 saturated heterocycles. The zero-order valence-corrected chi connectivity index (χ0v) is 21.5. The number of ether oxygens (including phenoxy) is 7. The lowest BCUT2D eigenvalue weighted by molar-refractivity contribution is -0.138. The molecule has 0 saturated carbocycles. The summed E-state index contributed by atoms with van der Waals surface area (Å²) in [6, 6.07) is 18.6. The highest BCUT2D eigenvalue weighted by Gasteiger charge is 2.35. The summed E-state index contributed by atoms with van der Waals surface area (Å²) in [5.74, 6) is 3.79. The van der Waals surface area contributed by atoms with E-state index in [4.69, 9.17) is 33.2 Å². The molecule has 8 nitrogen and oxygen atoms in total. The zero-order chi connectivity index (χ0) is 26.4. The van der Waals surface area contributed by atoms with Crippen LogP contribution in [0, 0.1) is 0 Å². The van der Waals surface area contributed by atoms with Crippen LogP contribution in [-0.4, -0.2) is 41.2 Å². The third-order valence-electron chi connectivity index (χ3n) is 6.11. The van der Waals surface area contributed by atoms with E-state index in [1.54, 1.807) is 28.4 Å². The highest BCUT2D eigenvalue weighted by molar-refractivity contribution is 6.19. The van der Waals surface area contributed by atoms with Gasteiger partial charge in [-0.25, -0.2) is 4.79 Å². The lowest BCUT2D eigenvalue weighted by Gasteiger charge is -2.14. The summed E-state index contributed by atoms with van der Waals surface area (Å²) < 4.78 is 36.9. The van der Waals surface area contributed by atoms with E-state index in [0.29, 0.717) is 40.7 Å². The smallest absolute Gasteiger partial charge is 0.339 e. The first-order chi connectivity index (χ1) is 18.0. The van der Waals surface area contributed by atoms with Gasteiger partial charge in [0.25, 0.3) is 0 Å². The van der Waals surface area contributed by atoms with Gasteiger partial charge in [-0.05, 0) is 59.5 Å². The summed E-state index contributed by atoms with van der Waals surface area (Å²) in [5, 5.41) is 0. The Hall–Kier alpha value is -4.33. The number of carbonyl (C=O) groups is 1. The van der Waals surface area contributed by atoms with Crippen molar-refractivity contribution in [2.45, 2.75) is 19.4 Å². The molecule has 0 amide bonds. The summed E-state index contributed by atoms with van der Waals surface area (Å²) in [6.07, 6.45) is 0.343. The average molecular weight is 507 g/mol. The standard InChI is InChI=1S/C20H18O5.C9H12O3/c1-3-15-18(13-6-9-16-17(10-13)24-11-23-16)20(21)25-19(15)12-4-7-14(22-2)8-5-12;1-10-7-5-4-6-8(11-2)9(7)12-3/h4-10,19H,3,11H2,1-2H3;4-6H,1-3H3. The number of fused-ring (bicyclic) bond motifs is 1.